The molecule has 0 heterocycles. The van der Waals surface area contributed by atoms with Gasteiger partial charge in [0.15, 0.2) is 0 Å². The van der Waals surface area contributed by atoms with Crippen LogP contribution in [0.3, 0.4) is 0 Å². The Morgan fingerprint density at radius 3 is 2.53 bits per heavy atom. The first-order valence-electron chi connectivity index (χ1n) is 6.05. The topological polar surface area (TPSA) is 63.6 Å². The maximum Gasteiger partial charge on any atom is 0.313 e. The summed E-state index contributed by atoms with van der Waals surface area (Å²) in [5.41, 5.74) is 0.939. The summed E-state index contributed by atoms with van der Waals surface area (Å²) in [4.78, 5) is 22.7. The molecule has 0 saturated carbocycles. The number of Topliss-reactive ketones (excluding diaryl/α,β-unsaturated/α-hetero) is 1. The van der Waals surface area contributed by atoms with Gasteiger partial charge in [-0.1, -0.05) is 49.4 Å². The molecule has 0 aliphatic rings. The van der Waals surface area contributed by atoms with Crippen molar-refractivity contribution in [1.82, 2.24) is 0 Å². The largest absolute Gasteiger partial charge is 0.469 e. The molecule has 0 unspecified atom stereocenters. The van der Waals surface area contributed by atoms with Crippen molar-refractivity contribution in [2.45, 2.75) is 19.4 Å². The van der Waals surface area contributed by atoms with Crippen LogP contribution in [0, 0.1) is 5.92 Å². The number of benzene rings is 1. The summed E-state index contributed by atoms with van der Waals surface area (Å²) >= 11 is 0. The maximum absolute atomic E-state index is 11.7. The first kappa shape index (κ1) is 15.1. The van der Waals surface area contributed by atoms with Crippen LogP contribution in [0.15, 0.2) is 36.4 Å². The monoisotopic (exact) mass is 262 g/mol. The van der Waals surface area contributed by atoms with Gasteiger partial charge in [-0.15, -0.1) is 0 Å². The summed E-state index contributed by atoms with van der Waals surface area (Å²) in [7, 11) is 1.23. The molecule has 2 atom stereocenters. The minimum atomic E-state index is -0.919. The Bertz CT molecular complexity index is 450. The lowest BCUT2D eigenvalue weighted by Crippen LogP contribution is -2.26. The first-order valence-corrected chi connectivity index (χ1v) is 6.05. The molecule has 19 heavy (non-hydrogen) atoms. The second kappa shape index (κ2) is 7.48. The summed E-state index contributed by atoms with van der Waals surface area (Å²) in [5.74, 6) is -1.56. The number of carbonyl (C=O) groups excluding carboxylic acids is 2. The zero-order chi connectivity index (χ0) is 14.3. The second-order valence-electron chi connectivity index (χ2n) is 4.27. The van der Waals surface area contributed by atoms with Crippen molar-refractivity contribution < 1.29 is 19.4 Å². The van der Waals surface area contributed by atoms with Crippen molar-refractivity contribution in [3.63, 3.8) is 0 Å². The Balaban J connectivity index is 2.57. The van der Waals surface area contributed by atoms with Gasteiger partial charge in [-0.25, -0.2) is 0 Å². The summed E-state index contributed by atoms with van der Waals surface area (Å²) in [6.45, 7) is 1.59. The summed E-state index contributed by atoms with van der Waals surface area (Å²) in [5, 5.41) is 9.88. The van der Waals surface area contributed by atoms with E-state index in [0.717, 1.165) is 5.56 Å². The van der Waals surface area contributed by atoms with Gasteiger partial charge in [-0.2, -0.15) is 0 Å². The van der Waals surface area contributed by atoms with E-state index in [4.69, 9.17) is 0 Å². The van der Waals surface area contributed by atoms with Crippen molar-refractivity contribution in [2.75, 3.05) is 7.11 Å². The minimum Gasteiger partial charge on any atom is -0.469 e. The molecule has 1 aromatic rings. The van der Waals surface area contributed by atoms with Gasteiger partial charge in [-0.05, 0) is 5.56 Å². The molecule has 0 aliphatic carbocycles. The number of ketones is 1. The Hall–Kier alpha value is -1.94. The highest BCUT2D eigenvalue weighted by Gasteiger charge is 2.22. The van der Waals surface area contributed by atoms with E-state index >= 15 is 0 Å². The van der Waals surface area contributed by atoms with Crippen molar-refractivity contribution >= 4 is 17.8 Å². The lowest BCUT2D eigenvalue weighted by atomic mass is 9.96. The van der Waals surface area contributed by atoms with Gasteiger partial charge in [0.1, 0.15) is 12.2 Å². The van der Waals surface area contributed by atoms with Crippen LogP contribution in [0.4, 0.5) is 0 Å². The van der Waals surface area contributed by atoms with E-state index in [2.05, 4.69) is 4.74 Å². The normalized spacial score (nSPS) is 14.1. The fraction of sp³-hybridized carbons (Fsp3) is 0.333. The molecule has 4 heteroatoms. The van der Waals surface area contributed by atoms with Gasteiger partial charge in [0.25, 0.3) is 0 Å². The molecule has 102 valence electrons. The predicted molar refractivity (Wildman–Crippen MR) is 72.3 cm³/mol. The van der Waals surface area contributed by atoms with Crippen LogP contribution in [-0.2, 0) is 14.3 Å². The summed E-state index contributed by atoms with van der Waals surface area (Å²) in [6, 6.07) is 9.46. The highest BCUT2D eigenvalue weighted by Crippen LogP contribution is 2.11. The Labute approximate surface area is 112 Å². The Kier molecular flexibility index (Phi) is 5.96. The molecule has 1 aromatic carbocycles. The van der Waals surface area contributed by atoms with Gasteiger partial charge in [0.2, 0.25) is 0 Å². The molecule has 0 bridgehead atoms. The smallest absolute Gasteiger partial charge is 0.313 e. The molecule has 1 N–H and O–H groups in total. The number of aliphatic hydroxyl groups is 1. The van der Waals surface area contributed by atoms with Crippen molar-refractivity contribution in [2.24, 2.45) is 5.92 Å². The highest BCUT2D eigenvalue weighted by molar-refractivity contribution is 5.97. The second-order valence-corrected chi connectivity index (χ2v) is 4.27. The molecular formula is C15H18O4. The third-order valence-electron chi connectivity index (χ3n) is 2.85. The minimum absolute atomic E-state index is 0.312. The molecule has 0 amide bonds. The molecule has 0 fully saturated rings. The third-order valence-corrected chi connectivity index (χ3v) is 2.85. The number of methoxy groups -OCH3 is 1. The number of ether oxygens (including phenoxy) is 1. The van der Waals surface area contributed by atoms with E-state index in [-0.39, 0.29) is 12.2 Å². The van der Waals surface area contributed by atoms with Crippen LogP contribution in [-0.4, -0.2) is 30.1 Å². The predicted octanol–water partition coefficient (Wildman–Crippen LogP) is 1.83. The number of hydrogen-bond donors (Lipinski definition) is 1. The fourth-order valence-electron chi connectivity index (χ4n) is 1.51. The van der Waals surface area contributed by atoms with E-state index in [1.54, 1.807) is 19.1 Å². The van der Waals surface area contributed by atoms with Crippen LogP contribution in [0.25, 0.3) is 6.08 Å². The van der Waals surface area contributed by atoms with E-state index in [1.165, 1.54) is 7.11 Å². The average molecular weight is 262 g/mol. The lowest BCUT2D eigenvalue weighted by molar-refractivity contribution is -0.144. The van der Waals surface area contributed by atoms with E-state index in [0.29, 0.717) is 0 Å². The number of hydrogen-bond acceptors (Lipinski definition) is 4. The molecule has 0 radical (unpaired) electrons. The van der Waals surface area contributed by atoms with Crippen LogP contribution in [0.5, 0.6) is 0 Å². The third kappa shape index (κ3) is 5.06. The average Bonchev–Trinajstić information content (AvgIpc) is 2.44. The molecule has 0 spiro atoms. The Morgan fingerprint density at radius 1 is 1.32 bits per heavy atom. The van der Waals surface area contributed by atoms with E-state index in [9.17, 15) is 14.7 Å². The number of rotatable bonds is 6. The zero-order valence-electron chi connectivity index (χ0n) is 11.1. The first-order chi connectivity index (χ1) is 9.04. The molecule has 0 saturated heterocycles. The highest BCUT2D eigenvalue weighted by atomic mass is 16.5. The Morgan fingerprint density at radius 2 is 1.95 bits per heavy atom. The van der Waals surface area contributed by atoms with E-state index in [1.807, 2.05) is 30.3 Å². The SMILES string of the molecule is COC(=O)CC(=O)[C@H](C)[C@@H](O)/C=C/c1ccccc1. The number of aliphatic hydroxyl groups excluding tert-OH is 1. The molecule has 4 nitrogen and oxygen atoms in total. The van der Waals surface area contributed by atoms with Crippen molar-refractivity contribution in [3.8, 4) is 0 Å². The van der Waals surface area contributed by atoms with Gasteiger partial charge >= 0.3 is 5.97 Å². The lowest BCUT2D eigenvalue weighted by Gasteiger charge is -2.13. The van der Waals surface area contributed by atoms with E-state index < -0.39 is 18.0 Å². The summed E-state index contributed by atoms with van der Waals surface area (Å²) in [6.07, 6.45) is 2.06. The molecule has 0 aliphatic heterocycles. The summed E-state index contributed by atoms with van der Waals surface area (Å²) < 4.78 is 4.42. The number of carbonyl (C=O) groups is 2. The van der Waals surface area contributed by atoms with Crippen LogP contribution < -0.4 is 0 Å². The maximum atomic E-state index is 11.7. The molecule has 1 rings (SSSR count). The van der Waals surface area contributed by atoms with Crippen molar-refractivity contribution in [3.05, 3.63) is 42.0 Å². The molecular weight excluding hydrogens is 244 g/mol. The fourth-order valence-corrected chi connectivity index (χ4v) is 1.51. The van der Waals surface area contributed by atoms with Crippen LogP contribution in [0.2, 0.25) is 0 Å². The van der Waals surface area contributed by atoms with Gasteiger partial charge in [0.05, 0.1) is 13.2 Å². The van der Waals surface area contributed by atoms with Gasteiger partial charge in [-0.3, -0.25) is 9.59 Å². The van der Waals surface area contributed by atoms with Crippen molar-refractivity contribution in [1.29, 1.82) is 0 Å². The standard InChI is InChI=1S/C15H18O4/c1-11(14(17)10-15(18)19-2)13(16)9-8-12-6-4-3-5-7-12/h3-9,11,13,16H,10H2,1-2H3/b9-8+/t11-,13+/m1/s1. The van der Waals surface area contributed by atoms with Crippen LogP contribution >= 0.6 is 0 Å². The zero-order valence-corrected chi connectivity index (χ0v) is 11.1. The molecule has 0 aromatic heterocycles. The van der Waals surface area contributed by atoms with Gasteiger partial charge in [0, 0.05) is 5.92 Å². The quantitative estimate of drug-likeness (QED) is 0.627. The number of esters is 1. The van der Waals surface area contributed by atoms with Crippen LogP contribution in [0.1, 0.15) is 18.9 Å². The van der Waals surface area contributed by atoms with Gasteiger partial charge < -0.3 is 9.84 Å².